The molecule has 0 saturated heterocycles. The molecule has 0 saturated carbocycles. The standard InChI is InChI=1S/C23H21N5O3/c1-15-7-6-8-16(2)19(15)26-18(29)14-27-21-20(24-11-12-25-21)22(30)28(23(27)31)13-17-9-4-3-5-10-17/h3-12H,13-14H2,1-2H3,(H,26,29). The molecule has 2 aromatic heterocycles. The van der Waals surface area contributed by atoms with Crippen LogP contribution in [0.3, 0.4) is 0 Å². The van der Waals surface area contributed by atoms with Crippen LogP contribution < -0.4 is 16.6 Å². The largest absolute Gasteiger partial charge is 0.333 e. The quantitative estimate of drug-likeness (QED) is 0.539. The van der Waals surface area contributed by atoms with E-state index >= 15 is 0 Å². The van der Waals surface area contributed by atoms with Crippen molar-refractivity contribution in [1.82, 2.24) is 19.1 Å². The van der Waals surface area contributed by atoms with Gasteiger partial charge in [0.25, 0.3) is 5.56 Å². The molecule has 31 heavy (non-hydrogen) atoms. The Bertz CT molecular complexity index is 1370. The number of aromatic nitrogens is 4. The Hall–Kier alpha value is -4.07. The van der Waals surface area contributed by atoms with Crippen LogP contribution in [0.5, 0.6) is 0 Å². The Kier molecular flexibility index (Phi) is 5.44. The number of amides is 1. The van der Waals surface area contributed by atoms with E-state index in [0.717, 1.165) is 21.3 Å². The molecule has 8 heteroatoms. The summed E-state index contributed by atoms with van der Waals surface area (Å²) in [4.78, 5) is 47.2. The topological polar surface area (TPSA) is 98.9 Å². The number of hydrogen-bond acceptors (Lipinski definition) is 5. The maximum absolute atomic E-state index is 13.2. The van der Waals surface area contributed by atoms with Crippen molar-refractivity contribution in [3.63, 3.8) is 0 Å². The predicted octanol–water partition coefficient (Wildman–Crippen LogP) is 2.26. The van der Waals surface area contributed by atoms with Gasteiger partial charge in [0.15, 0.2) is 11.2 Å². The van der Waals surface area contributed by atoms with E-state index in [2.05, 4.69) is 15.3 Å². The van der Waals surface area contributed by atoms with Gasteiger partial charge in [0.05, 0.1) is 6.54 Å². The van der Waals surface area contributed by atoms with Crippen molar-refractivity contribution in [1.29, 1.82) is 0 Å². The number of nitrogens with zero attached hydrogens (tertiary/aromatic N) is 4. The minimum Gasteiger partial charge on any atom is -0.324 e. The highest BCUT2D eigenvalue weighted by molar-refractivity contribution is 5.92. The van der Waals surface area contributed by atoms with E-state index in [1.165, 1.54) is 17.0 Å². The van der Waals surface area contributed by atoms with Crippen LogP contribution in [-0.4, -0.2) is 25.0 Å². The molecule has 0 aliphatic carbocycles. The van der Waals surface area contributed by atoms with Gasteiger partial charge in [-0.25, -0.2) is 14.8 Å². The maximum atomic E-state index is 13.2. The van der Waals surface area contributed by atoms with E-state index in [1.54, 1.807) is 0 Å². The molecule has 4 rings (SSSR count). The van der Waals surface area contributed by atoms with E-state index in [4.69, 9.17) is 0 Å². The third-order valence-corrected chi connectivity index (χ3v) is 5.07. The number of anilines is 1. The molecular formula is C23H21N5O3. The Labute approximate surface area is 177 Å². The molecule has 1 amide bonds. The van der Waals surface area contributed by atoms with Crippen molar-refractivity contribution in [2.45, 2.75) is 26.9 Å². The molecule has 0 aliphatic heterocycles. The van der Waals surface area contributed by atoms with Crippen LogP contribution in [0.4, 0.5) is 5.69 Å². The second-order valence-corrected chi connectivity index (χ2v) is 7.29. The highest BCUT2D eigenvalue weighted by Gasteiger charge is 2.18. The molecule has 0 unspecified atom stereocenters. The molecule has 0 bridgehead atoms. The van der Waals surface area contributed by atoms with Crippen LogP contribution in [0.2, 0.25) is 0 Å². The highest BCUT2D eigenvalue weighted by Crippen LogP contribution is 2.19. The predicted molar refractivity (Wildman–Crippen MR) is 118 cm³/mol. The molecule has 156 valence electrons. The van der Waals surface area contributed by atoms with Gasteiger partial charge in [-0.05, 0) is 30.5 Å². The summed E-state index contributed by atoms with van der Waals surface area (Å²) >= 11 is 0. The molecular weight excluding hydrogens is 394 g/mol. The number of carbonyl (C=O) groups excluding carboxylic acids is 1. The monoisotopic (exact) mass is 415 g/mol. The molecule has 0 spiro atoms. The third-order valence-electron chi connectivity index (χ3n) is 5.07. The van der Waals surface area contributed by atoms with Crippen molar-refractivity contribution >= 4 is 22.8 Å². The summed E-state index contributed by atoms with van der Waals surface area (Å²) in [5.74, 6) is -0.392. The summed E-state index contributed by atoms with van der Waals surface area (Å²) in [6.07, 6.45) is 2.78. The van der Waals surface area contributed by atoms with Gasteiger partial charge in [-0.2, -0.15) is 0 Å². The number of rotatable bonds is 5. The van der Waals surface area contributed by atoms with Gasteiger partial charge in [0, 0.05) is 18.1 Å². The summed E-state index contributed by atoms with van der Waals surface area (Å²) in [6, 6.07) is 14.9. The lowest BCUT2D eigenvalue weighted by Crippen LogP contribution is -2.42. The summed E-state index contributed by atoms with van der Waals surface area (Å²) in [7, 11) is 0. The second-order valence-electron chi connectivity index (χ2n) is 7.29. The summed E-state index contributed by atoms with van der Waals surface area (Å²) in [5, 5.41) is 2.87. The van der Waals surface area contributed by atoms with E-state index in [1.807, 2.05) is 62.4 Å². The first-order chi connectivity index (χ1) is 15.0. The van der Waals surface area contributed by atoms with Crippen LogP contribution in [-0.2, 0) is 17.9 Å². The van der Waals surface area contributed by atoms with Crippen LogP contribution in [0.1, 0.15) is 16.7 Å². The number of hydrogen-bond donors (Lipinski definition) is 1. The lowest BCUT2D eigenvalue weighted by Gasteiger charge is -2.15. The van der Waals surface area contributed by atoms with Gasteiger partial charge in [-0.15, -0.1) is 0 Å². The molecule has 0 aliphatic rings. The van der Waals surface area contributed by atoms with Crippen molar-refractivity contribution in [3.05, 3.63) is 98.5 Å². The van der Waals surface area contributed by atoms with Gasteiger partial charge in [0.1, 0.15) is 6.54 Å². The lowest BCUT2D eigenvalue weighted by atomic mass is 10.1. The van der Waals surface area contributed by atoms with Gasteiger partial charge in [0.2, 0.25) is 5.91 Å². The minimum atomic E-state index is -0.612. The van der Waals surface area contributed by atoms with Crippen molar-refractivity contribution in [3.8, 4) is 0 Å². The minimum absolute atomic E-state index is 0.0397. The fraction of sp³-hybridized carbons (Fsp3) is 0.174. The smallest absolute Gasteiger partial charge is 0.324 e. The second kappa shape index (κ2) is 8.35. The van der Waals surface area contributed by atoms with Crippen LogP contribution in [0, 0.1) is 13.8 Å². The van der Waals surface area contributed by atoms with E-state index < -0.39 is 17.2 Å². The van der Waals surface area contributed by atoms with Crippen molar-refractivity contribution < 1.29 is 4.79 Å². The van der Waals surface area contributed by atoms with Crippen LogP contribution >= 0.6 is 0 Å². The Morgan fingerprint density at radius 2 is 1.58 bits per heavy atom. The fourth-order valence-corrected chi connectivity index (χ4v) is 3.51. The van der Waals surface area contributed by atoms with Crippen molar-refractivity contribution in [2.24, 2.45) is 0 Å². The summed E-state index contributed by atoms with van der Waals surface area (Å²) < 4.78 is 2.27. The highest BCUT2D eigenvalue weighted by atomic mass is 16.2. The van der Waals surface area contributed by atoms with E-state index in [0.29, 0.717) is 5.69 Å². The van der Waals surface area contributed by atoms with E-state index in [9.17, 15) is 14.4 Å². The number of fused-ring (bicyclic) bond motifs is 1. The molecule has 1 N–H and O–H groups in total. The van der Waals surface area contributed by atoms with Gasteiger partial charge >= 0.3 is 5.69 Å². The van der Waals surface area contributed by atoms with E-state index in [-0.39, 0.29) is 24.3 Å². The molecule has 2 aromatic carbocycles. The van der Waals surface area contributed by atoms with Crippen LogP contribution in [0.15, 0.2) is 70.5 Å². The number of aryl methyl sites for hydroxylation is 2. The van der Waals surface area contributed by atoms with Crippen LogP contribution in [0.25, 0.3) is 11.2 Å². The fourth-order valence-electron chi connectivity index (χ4n) is 3.51. The van der Waals surface area contributed by atoms with Crippen molar-refractivity contribution in [2.75, 3.05) is 5.32 Å². The normalized spacial score (nSPS) is 10.9. The Morgan fingerprint density at radius 3 is 2.29 bits per heavy atom. The maximum Gasteiger partial charge on any atom is 0.333 e. The molecule has 4 aromatic rings. The number of benzene rings is 2. The zero-order chi connectivity index (χ0) is 22.0. The Balaban J connectivity index is 1.77. The van der Waals surface area contributed by atoms with Gasteiger partial charge in [-0.3, -0.25) is 18.7 Å². The zero-order valence-corrected chi connectivity index (χ0v) is 17.2. The first-order valence-electron chi connectivity index (χ1n) is 9.80. The third kappa shape index (κ3) is 4.00. The average Bonchev–Trinajstić information content (AvgIpc) is 2.77. The SMILES string of the molecule is Cc1cccc(C)c1NC(=O)Cn1c(=O)n(Cc2ccccc2)c(=O)c2nccnc21. The molecule has 0 fully saturated rings. The first kappa shape index (κ1) is 20.2. The average molecular weight is 415 g/mol. The molecule has 0 atom stereocenters. The molecule has 8 nitrogen and oxygen atoms in total. The lowest BCUT2D eigenvalue weighted by molar-refractivity contribution is -0.116. The summed E-state index contributed by atoms with van der Waals surface area (Å²) in [5.41, 5.74) is 2.29. The van der Waals surface area contributed by atoms with Gasteiger partial charge in [-0.1, -0.05) is 48.5 Å². The number of nitrogens with one attached hydrogen (secondary N) is 1. The molecule has 0 radical (unpaired) electrons. The Morgan fingerprint density at radius 1 is 0.903 bits per heavy atom. The van der Waals surface area contributed by atoms with Gasteiger partial charge < -0.3 is 5.32 Å². The summed E-state index contributed by atoms with van der Waals surface area (Å²) in [6.45, 7) is 3.58. The number of carbonyl (C=O) groups is 1. The zero-order valence-electron chi connectivity index (χ0n) is 17.2. The molecule has 2 heterocycles. The number of para-hydroxylation sites is 1. The first-order valence-corrected chi connectivity index (χ1v) is 9.80.